The highest BCUT2D eigenvalue weighted by Crippen LogP contribution is 2.35. The second-order valence-electron chi connectivity index (χ2n) is 8.53. The summed E-state index contributed by atoms with van der Waals surface area (Å²) in [5.41, 5.74) is 3.00. The Labute approximate surface area is 213 Å². The molecule has 0 aliphatic carbocycles. The van der Waals surface area contributed by atoms with E-state index in [0.29, 0.717) is 35.4 Å². The predicted molar refractivity (Wildman–Crippen MR) is 141 cm³/mol. The molecule has 0 unspecified atom stereocenters. The molecule has 0 radical (unpaired) electrons. The van der Waals surface area contributed by atoms with Crippen LogP contribution in [0.5, 0.6) is 0 Å². The predicted octanol–water partition coefficient (Wildman–Crippen LogP) is 5.89. The number of halogens is 1. The molecular weight excluding hydrogens is 502 g/mol. The maximum atomic E-state index is 13.7. The van der Waals surface area contributed by atoms with Gasteiger partial charge >= 0.3 is 0 Å². The van der Waals surface area contributed by atoms with Crippen molar-refractivity contribution in [3.8, 4) is 0 Å². The van der Waals surface area contributed by atoms with E-state index in [1.807, 2.05) is 49.4 Å². The van der Waals surface area contributed by atoms with Crippen molar-refractivity contribution in [3.63, 3.8) is 0 Å². The molecule has 180 valence electrons. The Kier molecular flexibility index (Phi) is 6.63. The molecule has 1 saturated heterocycles. The van der Waals surface area contributed by atoms with Gasteiger partial charge in [0.2, 0.25) is 10.0 Å². The molecule has 1 aromatic heterocycles. The summed E-state index contributed by atoms with van der Waals surface area (Å²) in [6.45, 7) is 3.32. The lowest BCUT2D eigenvalue weighted by Crippen LogP contribution is -2.30. The maximum Gasteiger partial charge on any atom is 0.260 e. The Morgan fingerprint density at radius 1 is 1.03 bits per heavy atom. The molecule has 1 aliphatic heterocycles. The van der Waals surface area contributed by atoms with E-state index in [9.17, 15) is 13.2 Å². The van der Waals surface area contributed by atoms with Crippen molar-refractivity contribution >= 4 is 54.2 Å². The van der Waals surface area contributed by atoms with E-state index < -0.39 is 10.0 Å². The van der Waals surface area contributed by atoms with Gasteiger partial charge in [-0.3, -0.25) is 9.69 Å². The van der Waals surface area contributed by atoms with Gasteiger partial charge in [0.05, 0.1) is 21.7 Å². The van der Waals surface area contributed by atoms with Crippen molar-refractivity contribution in [2.24, 2.45) is 0 Å². The number of fused-ring (bicyclic) bond motifs is 1. The van der Waals surface area contributed by atoms with Gasteiger partial charge in [0.1, 0.15) is 0 Å². The Morgan fingerprint density at radius 2 is 1.71 bits per heavy atom. The number of thiazole rings is 1. The van der Waals surface area contributed by atoms with Gasteiger partial charge in [-0.1, -0.05) is 53.3 Å². The minimum Gasteiger partial charge on any atom is -0.279 e. The van der Waals surface area contributed by atoms with Crippen LogP contribution in [0.1, 0.15) is 34.3 Å². The Morgan fingerprint density at radius 3 is 2.40 bits per heavy atom. The average molecular weight is 526 g/mol. The minimum absolute atomic E-state index is 0.204. The van der Waals surface area contributed by atoms with Crippen LogP contribution in [0, 0.1) is 6.92 Å². The first-order chi connectivity index (χ1) is 16.8. The highest BCUT2D eigenvalue weighted by Gasteiger charge is 2.28. The third-order valence-electron chi connectivity index (χ3n) is 6.20. The lowest BCUT2D eigenvalue weighted by Gasteiger charge is -2.21. The molecule has 35 heavy (non-hydrogen) atoms. The van der Waals surface area contributed by atoms with E-state index in [4.69, 9.17) is 16.6 Å². The SMILES string of the molecule is Cc1c(Cl)ccc2sc(N(Cc3ccccc3)C(=O)c3ccc(S(=O)(=O)N4CCCC4)cc3)nc12. The second kappa shape index (κ2) is 9.70. The van der Waals surface area contributed by atoms with Gasteiger partial charge in [0.25, 0.3) is 5.91 Å². The number of anilines is 1. The number of aryl methyl sites for hydroxylation is 1. The molecule has 0 N–H and O–H groups in total. The van der Waals surface area contributed by atoms with Crippen LogP contribution in [0.25, 0.3) is 10.2 Å². The number of carbonyl (C=O) groups is 1. The summed E-state index contributed by atoms with van der Waals surface area (Å²) >= 11 is 7.72. The number of sulfonamides is 1. The van der Waals surface area contributed by atoms with Crippen molar-refractivity contribution in [1.29, 1.82) is 0 Å². The molecule has 3 aromatic carbocycles. The highest BCUT2D eigenvalue weighted by atomic mass is 35.5. The summed E-state index contributed by atoms with van der Waals surface area (Å²) in [5.74, 6) is -0.248. The molecule has 1 aliphatic rings. The summed E-state index contributed by atoms with van der Waals surface area (Å²) in [6, 6.07) is 19.7. The number of aromatic nitrogens is 1. The number of amides is 1. The zero-order valence-electron chi connectivity index (χ0n) is 19.1. The first-order valence-corrected chi connectivity index (χ1v) is 14.0. The van der Waals surface area contributed by atoms with Crippen molar-refractivity contribution in [3.05, 3.63) is 88.4 Å². The Balaban J connectivity index is 1.50. The summed E-state index contributed by atoms with van der Waals surface area (Å²) in [6.07, 6.45) is 1.74. The van der Waals surface area contributed by atoms with E-state index in [2.05, 4.69) is 0 Å². The van der Waals surface area contributed by atoms with Crippen LogP contribution in [0.15, 0.2) is 71.6 Å². The van der Waals surface area contributed by atoms with Gasteiger partial charge in [-0.2, -0.15) is 4.31 Å². The number of carbonyl (C=O) groups excluding carboxylic acids is 1. The first-order valence-electron chi connectivity index (χ1n) is 11.4. The fourth-order valence-electron chi connectivity index (χ4n) is 4.20. The number of rotatable bonds is 6. The quantitative estimate of drug-likeness (QED) is 0.315. The third kappa shape index (κ3) is 4.71. The third-order valence-corrected chi connectivity index (χ3v) is 9.57. The van der Waals surface area contributed by atoms with Gasteiger partial charge in [0.15, 0.2) is 5.13 Å². The van der Waals surface area contributed by atoms with Crippen molar-refractivity contribution in [2.75, 3.05) is 18.0 Å². The summed E-state index contributed by atoms with van der Waals surface area (Å²) < 4.78 is 28.2. The lowest BCUT2D eigenvalue weighted by atomic mass is 10.1. The molecule has 0 spiro atoms. The standard InChI is InChI=1S/C26H24ClN3O3S2/c1-18-22(27)13-14-23-24(18)28-26(34-23)30(17-19-7-3-2-4-8-19)25(31)20-9-11-21(12-10-20)35(32,33)29-15-5-6-16-29/h2-4,7-14H,5-6,15-17H2,1H3. The monoisotopic (exact) mass is 525 g/mol. The summed E-state index contributed by atoms with van der Waals surface area (Å²) in [7, 11) is -3.54. The largest absolute Gasteiger partial charge is 0.279 e. The number of benzene rings is 3. The van der Waals surface area contributed by atoms with E-state index in [-0.39, 0.29) is 10.8 Å². The van der Waals surface area contributed by atoms with Crippen LogP contribution in [-0.2, 0) is 16.6 Å². The van der Waals surface area contributed by atoms with Gasteiger partial charge < -0.3 is 0 Å². The normalized spacial score (nSPS) is 14.5. The molecule has 1 amide bonds. The van der Waals surface area contributed by atoms with E-state index >= 15 is 0 Å². The van der Waals surface area contributed by atoms with E-state index in [1.165, 1.54) is 27.8 Å². The van der Waals surface area contributed by atoms with E-state index in [0.717, 1.165) is 34.2 Å². The Bertz CT molecular complexity index is 1480. The zero-order chi connectivity index (χ0) is 24.6. The molecule has 6 nitrogen and oxygen atoms in total. The van der Waals surface area contributed by atoms with Crippen LogP contribution in [-0.4, -0.2) is 36.7 Å². The van der Waals surface area contributed by atoms with Gasteiger partial charge in [-0.15, -0.1) is 0 Å². The minimum atomic E-state index is -3.54. The molecule has 4 aromatic rings. The van der Waals surface area contributed by atoms with Gasteiger partial charge in [-0.05, 0) is 67.3 Å². The topological polar surface area (TPSA) is 70.6 Å². The van der Waals surface area contributed by atoms with Crippen molar-refractivity contribution < 1.29 is 13.2 Å². The smallest absolute Gasteiger partial charge is 0.260 e. The maximum absolute atomic E-state index is 13.7. The van der Waals surface area contributed by atoms with Crippen LogP contribution >= 0.6 is 22.9 Å². The summed E-state index contributed by atoms with van der Waals surface area (Å²) in [5, 5.41) is 1.19. The highest BCUT2D eigenvalue weighted by molar-refractivity contribution is 7.89. The van der Waals surface area contributed by atoms with Crippen LogP contribution in [0.3, 0.4) is 0 Å². The molecule has 5 rings (SSSR count). The molecule has 0 bridgehead atoms. The van der Waals surface area contributed by atoms with E-state index in [1.54, 1.807) is 17.0 Å². The number of hydrogen-bond donors (Lipinski definition) is 0. The van der Waals surface area contributed by atoms with Gasteiger partial charge in [-0.25, -0.2) is 13.4 Å². The van der Waals surface area contributed by atoms with Crippen LogP contribution in [0.4, 0.5) is 5.13 Å². The molecule has 2 heterocycles. The lowest BCUT2D eigenvalue weighted by molar-refractivity contribution is 0.0985. The zero-order valence-corrected chi connectivity index (χ0v) is 21.5. The second-order valence-corrected chi connectivity index (χ2v) is 11.9. The average Bonchev–Trinajstić information content (AvgIpc) is 3.57. The molecule has 0 atom stereocenters. The molecule has 1 fully saturated rings. The molecular formula is C26H24ClN3O3S2. The van der Waals surface area contributed by atoms with Crippen molar-refractivity contribution in [1.82, 2.24) is 9.29 Å². The first kappa shape index (κ1) is 23.9. The fourth-order valence-corrected chi connectivity index (χ4v) is 6.89. The number of nitrogens with zero attached hydrogens (tertiary/aromatic N) is 3. The van der Waals surface area contributed by atoms with Crippen molar-refractivity contribution in [2.45, 2.75) is 31.2 Å². The van der Waals surface area contributed by atoms with Crippen LogP contribution < -0.4 is 4.90 Å². The Hall–Kier alpha value is -2.78. The summed E-state index contributed by atoms with van der Waals surface area (Å²) in [4.78, 5) is 20.3. The van der Waals surface area contributed by atoms with Gasteiger partial charge in [0, 0.05) is 23.7 Å². The molecule has 9 heteroatoms. The fraction of sp³-hybridized carbons (Fsp3) is 0.231. The number of hydrogen-bond acceptors (Lipinski definition) is 5. The molecule has 0 saturated carbocycles. The van der Waals surface area contributed by atoms with Crippen LogP contribution in [0.2, 0.25) is 5.02 Å².